The largest absolute Gasteiger partial charge is 0.393 e. The van der Waals surface area contributed by atoms with Crippen LogP contribution in [0, 0.1) is 5.92 Å². The van der Waals surface area contributed by atoms with Crippen LogP contribution in [0.3, 0.4) is 0 Å². The molecule has 0 aromatic carbocycles. The normalized spacial score (nSPS) is 24.3. The van der Waals surface area contributed by atoms with Gasteiger partial charge in [0.25, 0.3) is 0 Å². The lowest BCUT2D eigenvalue weighted by Crippen LogP contribution is -2.29. The molecule has 0 radical (unpaired) electrons. The number of hydrogen-bond donors (Lipinski definition) is 1. The summed E-state index contributed by atoms with van der Waals surface area (Å²) in [6, 6.07) is 0. The average molecular weight is 282 g/mol. The zero-order valence-corrected chi connectivity index (χ0v) is 13.3. The third-order valence-electron chi connectivity index (χ3n) is 3.89. The van der Waals surface area contributed by atoms with Crippen LogP contribution in [0.1, 0.15) is 50.7 Å². The number of hydrogen-bond acceptors (Lipinski definition) is 4. The number of aliphatic hydroxyl groups excluding tert-OH is 1. The van der Waals surface area contributed by atoms with Gasteiger partial charge in [0.05, 0.1) is 18.3 Å². The lowest BCUT2D eigenvalue weighted by molar-refractivity contribution is 0.108. The predicted octanol–water partition coefficient (Wildman–Crippen LogP) is 3.03. The summed E-state index contributed by atoms with van der Waals surface area (Å²) in [6.07, 6.45) is 3.22. The van der Waals surface area contributed by atoms with Crippen molar-refractivity contribution in [3.8, 4) is 0 Å². The van der Waals surface area contributed by atoms with Gasteiger partial charge in [0.15, 0.2) is 0 Å². The summed E-state index contributed by atoms with van der Waals surface area (Å²) in [5, 5.41) is 13.2. The van der Waals surface area contributed by atoms with Gasteiger partial charge in [-0.25, -0.2) is 4.98 Å². The first-order valence-corrected chi connectivity index (χ1v) is 8.05. The van der Waals surface area contributed by atoms with Gasteiger partial charge in [-0.05, 0) is 25.8 Å². The molecule has 0 bridgehead atoms. The molecule has 0 amide bonds. The van der Waals surface area contributed by atoms with E-state index in [9.17, 15) is 5.11 Å². The van der Waals surface area contributed by atoms with Gasteiger partial charge >= 0.3 is 0 Å². The summed E-state index contributed by atoms with van der Waals surface area (Å²) < 4.78 is 0. The topological polar surface area (TPSA) is 36.4 Å². The van der Waals surface area contributed by atoms with Crippen LogP contribution in [-0.4, -0.2) is 34.7 Å². The standard InChI is InChI=1S/C15H26N2OS/c1-15(2,3)13-10-19-14(16-13)9-17(4)8-11-6-5-7-12(11)18/h10-12,18H,5-9H2,1-4H3. The van der Waals surface area contributed by atoms with Crippen LogP contribution in [0.15, 0.2) is 5.38 Å². The van der Waals surface area contributed by atoms with Crippen LogP contribution in [0.2, 0.25) is 0 Å². The molecule has 1 aliphatic rings. The molecule has 3 nitrogen and oxygen atoms in total. The maximum atomic E-state index is 9.88. The van der Waals surface area contributed by atoms with E-state index in [1.807, 2.05) is 0 Å². The average Bonchev–Trinajstić information content (AvgIpc) is 2.88. The molecular weight excluding hydrogens is 256 g/mol. The maximum absolute atomic E-state index is 9.88. The fourth-order valence-electron chi connectivity index (χ4n) is 2.65. The Morgan fingerprint density at radius 1 is 1.42 bits per heavy atom. The lowest BCUT2D eigenvalue weighted by atomic mass is 9.93. The van der Waals surface area contributed by atoms with Crippen LogP contribution in [0.5, 0.6) is 0 Å². The Morgan fingerprint density at radius 3 is 2.68 bits per heavy atom. The summed E-state index contributed by atoms with van der Waals surface area (Å²) in [5.41, 5.74) is 1.32. The number of aliphatic hydroxyl groups is 1. The first kappa shape index (κ1) is 14.9. The highest BCUT2D eigenvalue weighted by molar-refractivity contribution is 7.09. The monoisotopic (exact) mass is 282 g/mol. The van der Waals surface area contributed by atoms with Gasteiger partial charge < -0.3 is 5.11 Å². The number of thiazole rings is 1. The minimum absolute atomic E-state index is 0.0936. The van der Waals surface area contributed by atoms with E-state index >= 15 is 0 Å². The van der Waals surface area contributed by atoms with Crippen molar-refractivity contribution in [2.45, 2.75) is 58.1 Å². The van der Waals surface area contributed by atoms with Gasteiger partial charge in [-0.15, -0.1) is 11.3 Å². The number of aromatic nitrogens is 1. The van der Waals surface area contributed by atoms with Gasteiger partial charge in [0.1, 0.15) is 5.01 Å². The van der Waals surface area contributed by atoms with Crippen LogP contribution in [-0.2, 0) is 12.0 Å². The maximum Gasteiger partial charge on any atom is 0.107 e. The van der Waals surface area contributed by atoms with E-state index in [0.29, 0.717) is 5.92 Å². The van der Waals surface area contributed by atoms with Gasteiger partial charge in [0, 0.05) is 17.3 Å². The second-order valence-electron chi connectivity index (χ2n) is 6.83. The Kier molecular flexibility index (Phi) is 4.64. The molecule has 2 atom stereocenters. The fourth-order valence-corrected chi connectivity index (χ4v) is 3.75. The van der Waals surface area contributed by atoms with E-state index in [1.165, 1.54) is 17.1 Å². The molecule has 19 heavy (non-hydrogen) atoms. The zero-order chi connectivity index (χ0) is 14.0. The van der Waals surface area contributed by atoms with Crippen LogP contribution in [0.4, 0.5) is 0 Å². The lowest BCUT2D eigenvalue weighted by Gasteiger charge is -2.22. The van der Waals surface area contributed by atoms with E-state index < -0.39 is 0 Å². The van der Waals surface area contributed by atoms with Gasteiger partial charge in [-0.2, -0.15) is 0 Å². The summed E-state index contributed by atoms with van der Waals surface area (Å²) in [6.45, 7) is 8.47. The zero-order valence-electron chi connectivity index (χ0n) is 12.5. The van der Waals surface area contributed by atoms with Crippen molar-refractivity contribution >= 4 is 11.3 Å². The van der Waals surface area contributed by atoms with Crippen LogP contribution < -0.4 is 0 Å². The van der Waals surface area contributed by atoms with Gasteiger partial charge in [-0.3, -0.25) is 4.90 Å². The Labute approximate surface area is 120 Å². The van der Waals surface area contributed by atoms with Crippen molar-refractivity contribution in [2.24, 2.45) is 5.92 Å². The molecule has 1 aromatic heterocycles. The molecule has 1 fully saturated rings. The highest BCUT2D eigenvalue weighted by atomic mass is 32.1. The molecule has 1 saturated carbocycles. The summed E-state index contributed by atoms with van der Waals surface area (Å²) in [5.74, 6) is 0.451. The van der Waals surface area contributed by atoms with E-state index in [0.717, 1.165) is 25.9 Å². The van der Waals surface area contributed by atoms with Crippen molar-refractivity contribution in [1.82, 2.24) is 9.88 Å². The molecule has 1 aromatic rings. The third-order valence-corrected chi connectivity index (χ3v) is 4.72. The Bertz CT molecular complexity index is 411. The highest BCUT2D eigenvalue weighted by Crippen LogP contribution is 2.27. The number of nitrogens with zero attached hydrogens (tertiary/aromatic N) is 2. The molecule has 4 heteroatoms. The minimum atomic E-state index is -0.0936. The van der Waals surface area contributed by atoms with Crippen molar-refractivity contribution in [3.05, 3.63) is 16.1 Å². The summed E-state index contributed by atoms with van der Waals surface area (Å²) in [4.78, 5) is 7.03. The quantitative estimate of drug-likeness (QED) is 0.922. The SMILES string of the molecule is CN(Cc1nc(C(C)(C)C)cs1)CC1CCCC1O. The number of rotatable bonds is 4. The Balaban J connectivity index is 1.88. The van der Waals surface area contributed by atoms with Gasteiger partial charge in [0.2, 0.25) is 0 Å². The second-order valence-corrected chi connectivity index (χ2v) is 7.77. The van der Waals surface area contributed by atoms with E-state index in [2.05, 4.69) is 38.1 Å². The molecule has 1 heterocycles. The molecule has 0 saturated heterocycles. The van der Waals surface area contributed by atoms with Crippen molar-refractivity contribution in [3.63, 3.8) is 0 Å². The van der Waals surface area contributed by atoms with Crippen molar-refractivity contribution in [2.75, 3.05) is 13.6 Å². The molecule has 2 rings (SSSR count). The first-order chi connectivity index (χ1) is 8.86. The molecule has 108 valence electrons. The molecule has 0 aliphatic heterocycles. The first-order valence-electron chi connectivity index (χ1n) is 7.18. The minimum Gasteiger partial charge on any atom is -0.393 e. The smallest absolute Gasteiger partial charge is 0.107 e. The molecule has 2 unspecified atom stereocenters. The van der Waals surface area contributed by atoms with Crippen molar-refractivity contribution < 1.29 is 5.11 Å². The summed E-state index contributed by atoms with van der Waals surface area (Å²) >= 11 is 1.75. The fraction of sp³-hybridized carbons (Fsp3) is 0.800. The second kappa shape index (κ2) is 5.90. The summed E-state index contributed by atoms with van der Waals surface area (Å²) in [7, 11) is 2.13. The van der Waals surface area contributed by atoms with Crippen molar-refractivity contribution in [1.29, 1.82) is 0 Å². The molecule has 1 aliphatic carbocycles. The Morgan fingerprint density at radius 2 is 2.16 bits per heavy atom. The predicted molar refractivity (Wildman–Crippen MR) is 80.5 cm³/mol. The van der Waals surface area contributed by atoms with E-state index in [-0.39, 0.29) is 11.5 Å². The molecule has 0 spiro atoms. The van der Waals surface area contributed by atoms with E-state index in [4.69, 9.17) is 4.98 Å². The van der Waals surface area contributed by atoms with Crippen LogP contribution in [0.25, 0.3) is 0 Å². The van der Waals surface area contributed by atoms with E-state index in [1.54, 1.807) is 11.3 Å². The van der Waals surface area contributed by atoms with Gasteiger partial charge in [-0.1, -0.05) is 27.2 Å². The third kappa shape index (κ3) is 4.01. The Hall–Kier alpha value is -0.450. The van der Waals surface area contributed by atoms with Crippen LogP contribution >= 0.6 is 11.3 Å². The molecule has 1 N–H and O–H groups in total. The molecular formula is C15H26N2OS. The highest BCUT2D eigenvalue weighted by Gasteiger charge is 2.26.